The minimum absolute atomic E-state index is 0.106. The van der Waals surface area contributed by atoms with Crippen molar-refractivity contribution in [2.75, 3.05) is 0 Å². The summed E-state index contributed by atoms with van der Waals surface area (Å²) in [5.74, 6) is 0.581. The average molecular weight is 287 g/mol. The Hall–Kier alpha value is -2.12. The predicted molar refractivity (Wildman–Crippen MR) is 63.1 cm³/mol. The highest BCUT2D eigenvalue weighted by atomic mass is 19.4. The first kappa shape index (κ1) is 14.3. The summed E-state index contributed by atoms with van der Waals surface area (Å²) in [5, 5.41) is 3.68. The Morgan fingerprint density at radius 2 is 2.10 bits per heavy atom. The molecule has 0 atom stereocenters. The van der Waals surface area contributed by atoms with Gasteiger partial charge in [0.25, 0.3) is 5.56 Å². The molecule has 0 fully saturated rings. The number of rotatable bonds is 4. The number of halogens is 3. The topological polar surface area (TPSA) is 60.9 Å². The zero-order valence-corrected chi connectivity index (χ0v) is 10.6. The molecular weight excluding hydrogens is 275 g/mol. The fraction of sp³-hybridized carbons (Fsp3) is 0.417. The van der Waals surface area contributed by atoms with E-state index in [1.54, 1.807) is 0 Å². The van der Waals surface area contributed by atoms with Crippen LogP contribution in [0.4, 0.5) is 13.2 Å². The van der Waals surface area contributed by atoms with E-state index in [2.05, 4.69) is 10.1 Å². The molecule has 0 spiro atoms. The maximum Gasteiger partial charge on any atom is 0.417 e. The first-order valence-corrected chi connectivity index (χ1v) is 5.99. The minimum atomic E-state index is -4.50. The van der Waals surface area contributed by atoms with Crippen molar-refractivity contribution in [2.24, 2.45) is 0 Å². The third-order valence-corrected chi connectivity index (χ3v) is 2.60. The van der Waals surface area contributed by atoms with Gasteiger partial charge in [0.2, 0.25) is 5.89 Å². The summed E-state index contributed by atoms with van der Waals surface area (Å²) in [6.45, 7) is 1.76. The molecule has 0 bridgehead atoms. The predicted octanol–water partition coefficient (Wildman–Crippen LogP) is 2.25. The number of hydrogen-bond donors (Lipinski definition) is 0. The molecule has 2 heterocycles. The largest absolute Gasteiger partial charge is 0.417 e. The van der Waals surface area contributed by atoms with Gasteiger partial charge in [-0.25, -0.2) is 0 Å². The molecule has 0 N–H and O–H groups in total. The highest BCUT2D eigenvalue weighted by molar-refractivity contribution is 5.14. The van der Waals surface area contributed by atoms with Gasteiger partial charge in [0.1, 0.15) is 6.54 Å². The van der Waals surface area contributed by atoms with Gasteiger partial charge in [0, 0.05) is 18.7 Å². The zero-order chi connectivity index (χ0) is 14.8. The van der Waals surface area contributed by atoms with Gasteiger partial charge in [-0.05, 0) is 12.5 Å². The summed E-state index contributed by atoms with van der Waals surface area (Å²) in [4.78, 5) is 15.6. The normalized spacial score (nSPS) is 11.8. The van der Waals surface area contributed by atoms with E-state index in [0.717, 1.165) is 29.3 Å². The lowest BCUT2D eigenvalue weighted by atomic mass is 10.3. The maximum absolute atomic E-state index is 12.6. The number of hydrogen-bond acceptors (Lipinski definition) is 4. The number of aromatic nitrogens is 3. The van der Waals surface area contributed by atoms with Crippen LogP contribution >= 0.6 is 0 Å². The number of nitrogens with zero attached hydrogens (tertiary/aromatic N) is 3. The van der Waals surface area contributed by atoms with Crippen LogP contribution in [-0.4, -0.2) is 14.7 Å². The first-order valence-electron chi connectivity index (χ1n) is 5.99. The molecule has 0 aliphatic heterocycles. The van der Waals surface area contributed by atoms with E-state index in [4.69, 9.17) is 4.52 Å². The van der Waals surface area contributed by atoms with Gasteiger partial charge in [-0.3, -0.25) is 4.79 Å². The van der Waals surface area contributed by atoms with Crippen LogP contribution in [0.1, 0.15) is 30.6 Å². The Kier molecular flexibility index (Phi) is 3.91. The van der Waals surface area contributed by atoms with Crippen molar-refractivity contribution < 1.29 is 17.7 Å². The monoisotopic (exact) mass is 287 g/mol. The Labute approximate surface area is 112 Å². The lowest BCUT2D eigenvalue weighted by molar-refractivity contribution is -0.138. The van der Waals surface area contributed by atoms with Gasteiger partial charge in [-0.15, -0.1) is 0 Å². The highest BCUT2D eigenvalue weighted by Crippen LogP contribution is 2.28. The van der Waals surface area contributed by atoms with Crippen LogP contribution in [0.5, 0.6) is 0 Å². The maximum atomic E-state index is 12.6. The minimum Gasteiger partial charge on any atom is -0.337 e. The van der Waals surface area contributed by atoms with Crippen LogP contribution in [0.3, 0.4) is 0 Å². The fourth-order valence-electron chi connectivity index (χ4n) is 1.65. The van der Waals surface area contributed by atoms with Gasteiger partial charge < -0.3 is 9.09 Å². The molecule has 0 saturated heterocycles. The number of aryl methyl sites for hydroxylation is 1. The van der Waals surface area contributed by atoms with Crippen molar-refractivity contribution in [3.63, 3.8) is 0 Å². The second-order valence-electron chi connectivity index (χ2n) is 4.24. The molecule has 108 valence electrons. The summed E-state index contributed by atoms with van der Waals surface area (Å²) >= 11 is 0. The molecule has 2 rings (SSSR count). The van der Waals surface area contributed by atoms with E-state index in [0.29, 0.717) is 12.2 Å². The summed E-state index contributed by atoms with van der Waals surface area (Å²) in [7, 11) is 0. The standard InChI is InChI=1S/C12H12F3N3O2/c1-2-3-9-16-10(20-17-9)7-18-6-8(12(13,14)15)4-5-11(18)19/h4-6H,2-3,7H2,1H3. The van der Waals surface area contributed by atoms with E-state index in [1.165, 1.54) is 0 Å². The van der Waals surface area contributed by atoms with Crippen LogP contribution in [0.15, 0.2) is 27.6 Å². The molecule has 8 heteroatoms. The first-order chi connectivity index (χ1) is 9.40. The van der Waals surface area contributed by atoms with E-state index in [-0.39, 0.29) is 12.4 Å². The van der Waals surface area contributed by atoms with Crippen LogP contribution < -0.4 is 5.56 Å². The lowest BCUT2D eigenvalue weighted by Gasteiger charge is -2.08. The molecular formula is C12H12F3N3O2. The molecule has 5 nitrogen and oxygen atoms in total. The molecule has 0 unspecified atom stereocenters. The van der Waals surface area contributed by atoms with Crippen molar-refractivity contribution in [3.8, 4) is 0 Å². The fourth-order valence-corrected chi connectivity index (χ4v) is 1.65. The van der Waals surface area contributed by atoms with Gasteiger partial charge in [0.15, 0.2) is 5.82 Å². The van der Waals surface area contributed by atoms with E-state index < -0.39 is 17.3 Å². The number of pyridine rings is 1. The smallest absolute Gasteiger partial charge is 0.337 e. The van der Waals surface area contributed by atoms with Crippen LogP contribution in [0.2, 0.25) is 0 Å². The summed E-state index contributed by atoms with van der Waals surface area (Å²) in [6.07, 6.45) is -2.33. The molecule has 2 aromatic heterocycles. The molecule has 0 amide bonds. The van der Waals surface area contributed by atoms with Gasteiger partial charge in [-0.2, -0.15) is 18.2 Å². The van der Waals surface area contributed by atoms with Crippen molar-refractivity contribution in [1.82, 2.24) is 14.7 Å². The number of alkyl halides is 3. The average Bonchev–Trinajstić information content (AvgIpc) is 2.78. The molecule has 0 aliphatic carbocycles. The van der Waals surface area contributed by atoms with E-state index in [9.17, 15) is 18.0 Å². The van der Waals surface area contributed by atoms with Crippen LogP contribution in [-0.2, 0) is 19.1 Å². The zero-order valence-electron chi connectivity index (χ0n) is 10.6. The quantitative estimate of drug-likeness (QED) is 0.865. The molecule has 0 radical (unpaired) electrons. The van der Waals surface area contributed by atoms with E-state index >= 15 is 0 Å². The van der Waals surface area contributed by atoms with Crippen LogP contribution in [0, 0.1) is 0 Å². The Balaban J connectivity index is 2.25. The van der Waals surface area contributed by atoms with Crippen LogP contribution in [0.25, 0.3) is 0 Å². The van der Waals surface area contributed by atoms with Gasteiger partial charge in [0.05, 0.1) is 5.56 Å². The van der Waals surface area contributed by atoms with Crippen molar-refractivity contribution in [2.45, 2.75) is 32.5 Å². The van der Waals surface area contributed by atoms with Crippen molar-refractivity contribution in [3.05, 3.63) is 46.0 Å². The molecule has 20 heavy (non-hydrogen) atoms. The highest BCUT2D eigenvalue weighted by Gasteiger charge is 2.31. The van der Waals surface area contributed by atoms with E-state index in [1.807, 2.05) is 6.92 Å². The third-order valence-electron chi connectivity index (χ3n) is 2.60. The second-order valence-corrected chi connectivity index (χ2v) is 4.24. The summed E-state index contributed by atoms with van der Waals surface area (Å²) in [5.41, 5.74) is -1.46. The SMILES string of the molecule is CCCc1noc(Cn2cc(C(F)(F)F)ccc2=O)n1. The summed E-state index contributed by atoms with van der Waals surface area (Å²) in [6, 6.07) is 1.61. The lowest BCUT2D eigenvalue weighted by Crippen LogP contribution is -2.22. The Bertz CT molecular complexity index is 646. The Morgan fingerprint density at radius 3 is 2.75 bits per heavy atom. The Morgan fingerprint density at radius 1 is 1.35 bits per heavy atom. The molecule has 0 aromatic carbocycles. The third kappa shape index (κ3) is 3.25. The summed E-state index contributed by atoms with van der Waals surface area (Å²) < 4.78 is 43.5. The second kappa shape index (κ2) is 5.48. The molecule has 2 aromatic rings. The van der Waals surface area contributed by atoms with Crippen molar-refractivity contribution >= 4 is 0 Å². The van der Waals surface area contributed by atoms with Gasteiger partial charge >= 0.3 is 6.18 Å². The molecule has 0 saturated carbocycles. The molecule has 0 aliphatic rings. The van der Waals surface area contributed by atoms with Crippen molar-refractivity contribution in [1.29, 1.82) is 0 Å². The van der Waals surface area contributed by atoms with Gasteiger partial charge in [-0.1, -0.05) is 12.1 Å².